The summed E-state index contributed by atoms with van der Waals surface area (Å²) in [5, 5.41) is 10.8. The molecule has 0 unspecified atom stereocenters. The predicted octanol–water partition coefficient (Wildman–Crippen LogP) is 1.62. The molecule has 0 aliphatic carbocycles. The fraction of sp³-hybridized carbons (Fsp3) is 0.167. The summed E-state index contributed by atoms with van der Waals surface area (Å²) in [4.78, 5) is 25.6. The van der Waals surface area contributed by atoms with Crippen molar-refractivity contribution < 1.29 is 18.7 Å². The number of halogens is 1. The lowest BCUT2D eigenvalue weighted by Crippen LogP contribution is -2.30. The zero-order valence-electron chi connectivity index (χ0n) is 14.4. The van der Waals surface area contributed by atoms with Gasteiger partial charge in [0.1, 0.15) is 12.1 Å². The average Bonchev–Trinajstić information content (AvgIpc) is 3.22. The van der Waals surface area contributed by atoms with Gasteiger partial charge in [0.2, 0.25) is 0 Å². The number of carbonyl (C=O) groups is 2. The van der Waals surface area contributed by atoms with Crippen LogP contribution >= 0.6 is 0 Å². The van der Waals surface area contributed by atoms with E-state index in [4.69, 9.17) is 4.74 Å². The van der Waals surface area contributed by atoms with Crippen LogP contribution in [0, 0.1) is 5.82 Å². The van der Waals surface area contributed by atoms with Gasteiger partial charge in [-0.3, -0.25) is 4.79 Å². The first-order valence-electron chi connectivity index (χ1n) is 8.02. The Kier molecular flexibility index (Phi) is 5.50. The number of amides is 1. The molecular formula is C18H16FN5O3. The van der Waals surface area contributed by atoms with E-state index < -0.39 is 5.97 Å². The normalized spacial score (nSPS) is 10.4. The van der Waals surface area contributed by atoms with Crippen molar-refractivity contribution in [2.75, 3.05) is 13.7 Å². The van der Waals surface area contributed by atoms with Crippen LogP contribution in [0.15, 0.2) is 54.9 Å². The molecule has 0 radical (unpaired) electrons. The number of aromatic nitrogens is 4. The number of rotatable bonds is 6. The first kappa shape index (κ1) is 18.2. The Labute approximate surface area is 154 Å². The summed E-state index contributed by atoms with van der Waals surface area (Å²) in [6.07, 6.45) is 1.43. The molecule has 0 saturated heterocycles. The van der Waals surface area contributed by atoms with Gasteiger partial charge in [0.05, 0.1) is 11.3 Å². The Morgan fingerprint density at radius 2 is 1.81 bits per heavy atom. The maximum atomic E-state index is 12.9. The van der Waals surface area contributed by atoms with Crippen LogP contribution in [0.4, 0.5) is 4.39 Å². The van der Waals surface area contributed by atoms with Crippen LogP contribution in [0.1, 0.15) is 15.9 Å². The molecule has 138 valence electrons. The molecule has 0 spiro atoms. The van der Waals surface area contributed by atoms with Crippen molar-refractivity contribution in [3.05, 3.63) is 71.8 Å². The number of hydrogen-bond acceptors (Lipinski definition) is 6. The number of ether oxygens (including phenoxy) is 1. The Morgan fingerprint density at radius 3 is 2.44 bits per heavy atom. The summed E-state index contributed by atoms with van der Waals surface area (Å²) in [5.41, 5.74) is 1.77. The maximum absolute atomic E-state index is 12.9. The SMILES string of the molecule is CN(Cc1ccc(F)cc1)C(=O)COC(=O)c1ccc(-n2cnnn2)cc1. The van der Waals surface area contributed by atoms with E-state index in [-0.39, 0.29) is 24.9 Å². The molecule has 2 aromatic carbocycles. The number of likely N-dealkylation sites (N-methyl/N-ethyl adjacent to an activating group) is 1. The Balaban J connectivity index is 1.52. The van der Waals surface area contributed by atoms with Gasteiger partial charge in [-0.2, -0.15) is 0 Å². The zero-order chi connectivity index (χ0) is 19.2. The fourth-order valence-corrected chi connectivity index (χ4v) is 2.30. The number of tetrazole rings is 1. The number of benzene rings is 2. The molecule has 3 aromatic rings. The van der Waals surface area contributed by atoms with E-state index in [1.165, 1.54) is 28.0 Å². The van der Waals surface area contributed by atoms with Crippen LogP contribution in [0.2, 0.25) is 0 Å². The van der Waals surface area contributed by atoms with Gasteiger partial charge in [-0.05, 0) is 52.4 Å². The van der Waals surface area contributed by atoms with E-state index in [2.05, 4.69) is 15.5 Å². The summed E-state index contributed by atoms with van der Waals surface area (Å²) < 4.78 is 19.4. The second kappa shape index (κ2) is 8.17. The number of hydrogen-bond donors (Lipinski definition) is 0. The monoisotopic (exact) mass is 369 g/mol. The summed E-state index contributed by atoms with van der Waals surface area (Å²) >= 11 is 0. The van der Waals surface area contributed by atoms with Gasteiger partial charge in [-0.25, -0.2) is 13.9 Å². The number of esters is 1. The lowest BCUT2D eigenvalue weighted by atomic mass is 10.2. The van der Waals surface area contributed by atoms with E-state index in [1.807, 2.05) is 0 Å². The summed E-state index contributed by atoms with van der Waals surface area (Å²) in [7, 11) is 1.58. The largest absolute Gasteiger partial charge is 0.452 e. The molecule has 0 aliphatic rings. The average molecular weight is 369 g/mol. The third kappa shape index (κ3) is 4.72. The van der Waals surface area contributed by atoms with Gasteiger partial charge < -0.3 is 9.64 Å². The Morgan fingerprint density at radius 1 is 1.11 bits per heavy atom. The molecule has 1 aromatic heterocycles. The van der Waals surface area contributed by atoms with Crippen LogP contribution in [0.25, 0.3) is 5.69 Å². The van der Waals surface area contributed by atoms with E-state index in [0.29, 0.717) is 11.3 Å². The van der Waals surface area contributed by atoms with E-state index in [0.717, 1.165) is 5.56 Å². The Hall–Kier alpha value is -3.62. The molecule has 8 nitrogen and oxygen atoms in total. The van der Waals surface area contributed by atoms with Gasteiger partial charge in [0.25, 0.3) is 5.91 Å². The quantitative estimate of drug-likeness (QED) is 0.613. The molecule has 1 amide bonds. The van der Waals surface area contributed by atoms with Gasteiger partial charge in [0.15, 0.2) is 6.61 Å². The predicted molar refractivity (Wildman–Crippen MR) is 92.3 cm³/mol. The van der Waals surface area contributed by atoms with E-state index >= 15 is 0 Å². The van der Waals surface area contributed by atoms with E-state index in [9.17, 15) is 14.0 Å². The van der Waals surface area contributed by atoms with Crippen LogP contribution in [-0.2, 0) is 16.1 Å². The lowest BCUT2D eigenvalue weighted by molar-refractivity contribution is -0.133. The molecule has 3 rings (SSSR count). The molecule has 0 N–H and O–H groups in total. The molecule has 0 saturated carbocycles. The van der Waals surface area contributed by atoms with Crippen LogP contribution in [0.3, 0.4) is 0 Å². The van der Waals surface area contributed by atoms with Crippen molar-refractivity contribution >= 4 is 11.9 Å². The minimum atomic E-state index is -0.609. The third-order valence-electron chi connectivity index (χ3n) is 3.80. The zero-order valence-corrected chi connectivity index (χ0v) is 14.4. The third-order valence-corrected chi connectivity index (χ3v) is 3.80. The van der Waals surface area contributed by atoms with Crippen molar-refractivity contribution in [2.24, 2.45) is 0 Å². The van der Waals surface area contributed by atoms with Crippen LogP contribution < -0.4 is 0 Å². The van der Waals surface area contributed by atoms with Crippen molar-refractivity contribution in [1.29, 1.82) is 0 Å². The second-order valence-electron chi connectivity index (χ2n) is 5.75. The van der Waals surface area contributed by atoms with Gasteiger partial charge in [-0.15, -0.1) is 5.10 Å². The number of carbonyl (C=O) groups excluding carboxylic acids is 2. The highest BCUT2D eigenvalue weighted by atomic mass is 19.1. The minimum absolute atomic E-state index is 0.289. The highest BCUT2D eigenvalue weighted by molar-refractivity contribution is 5.91. The number of nitrogens with zero attached hydrogens (tertiary/aromatic N) is 5. The molecule has 9 heteroatoms. The van der Waals surface area contributed by atoms with Crippen LogP contribution in [0.5, 0.6) is 0 Å². The highest BCUT2D eigenvalue weighted by Crippen LogP contribution is 2.10. The molecule has 0 aliphatic heterocycles. The van der Waals surface area contributed by atoms with E-state index in [1.54, 1.807) is 43.4 Å². The standard InChI is InChI=1S/C18H16FN5O3/c1-23(10-13-2-6-15(19)7-3-13)17(25)11-27-18(26)14-4-8-16(9-5-14)24-12-20-21-22-24/h2-9,12H,10-11H2,1H3. The lowest BCUT2D eigenvalue weighted by Gasteiger charge is -2.17. The summed E-state index contributed by atoms with van der Waals surface area (Å²) in [6.45, 7) is -0.0947. The molecular weight excluding hydrogens is 353 g/mol. The van der Waals surface area contributed by atoms with Gasteiger partial charge in [0, 0.05) is 13.6 Å². The van der Waals surface area contributed by atoms with Gasteiger partial charge >= 0.3 is 5.97 Å². The molecule has 1 heterocycles. The first-order chi connectivity index (χ1) is 13.0. The van der Waals surface area contributed by atoms with Crippen LogP contribution in [-0.4, -0.2) is 50.6 Å². The van der Waals surface area contributed by atoms with Crippen molar-refractivity contribution in [3.8, 4) is 5.69 Å². The van der Waals surface area contributed by atoms with Crippen molar-refractivity contribution in [1.82, 2.24) is 25.1 Å². The molecule has 0 fully saturated rings. The molecule has 0 bridgehead atoms. The smallest absolute Gasteiger partial charge is 0.338 e. The van der Waals surface area contributed by atoms with Gasteiger partial charge in [-0.1, -0.05) is 12.1 Å². The maximum Gasteiger partial charge on any atom is 0.338 e. The Bertz CT molecular complexity index is 911. The molecule has 27 heavy (non-hydrogen) atoms. The van der Waals surface area contributed by atoms with Crippen molar-refractivity contribution in [3.63, 3.8) is 0 Å². The molecule has 0 atom stereocenters. The highest BCUT2D eigenvalue weighted by Gasteiger charge is 2.14. The first-order valence-corrected chi connectivity index (χ1v) is 8.02. The summed E-state index contributed by atoms with van der Waals surface area (Å²) in [5.74, 6) is -1.31. The summed E-state index contributed by atoms with van der Waals surface area (Å²) in [6, 6.07) is 12.3. The fourth-order valence-electron chi connectivity index (χ4n) is 2.30. The topological polar surface area (TPSA) is 90.2 Å². The minimum Gasteiger partial charge on any atom is -0.452 e. The van der Waals surface area contributed by atoms with Crippen molar-refractivity contribution in [2.45, 2.75) is 6.54 Å². The second-order valence-corrected chi connectivity index (χ2v) is 5.75.